The van der Waals surface area contributed by atoms with Gasteiger partial charge in [0.15, 0.2) is 12.2 Å². The van der Waals surface area contributed by atoms with Crippen molar-refractivity contribution in [3.63, 3.8) is 0 Å². The second-order valence-electron chi connectivity index (χ2n) is 4.55. The molecule has 0 rings (SSSR count). The zero-order chi connectivity index (χ0) is 21.3. The predicted octanol–water partition coefficient (Wildman–Crippen LogP) is 3.14. The SMILES string of the molecule is [CH2]C(OCCCCCCCC)OCS(=O)(=O)O.[CH2]C[O].[CH2]C[O].[CH2]C[O]. The molecule has 7 radical (unpaired) electrons. The molecular weight excluding hydrogens is 364 g/mol. The standard InChI is InChI=1S/C11H23O5S.3C2H4O/c1-3-4-5-6-7-8-9-15-11(2)16-10-17(12,13)14;3*1-2-3/h11H,2-10H2,1H3,(H,12,13,14);3*1-2H2. The fraction of sp³-hybridized carbons (Fsp3) is 0.765. The van der Waals surface area contributed by atoms with E-state index in [1.165, 1.54) is 25.7 Å². The van der Waals surface area contributed by atoms with Crippen molar-refractivity contribution in [3.05, 3.63) is 27.7 Å². The molecule has 1 unspecified atom stereocenters. The van der Waals surface area contributed by atoms with Crippen LogP contribution in [0.2, 0.25) is 0 Å². The Morgan fingerprint density at radius 3 is 1.62 bits per heavy atom. The van der Waals surface area contributed by atoms with Crippen LogP contribution in [-0.4, -0.2) is 51.6 Å². The van der Waals surface area contributed by atoms with Crippen molar-refractivity contribution in [3.8, 4) is 0 Å². The maximum absolute atomic E-state index is 10.4. The van der Waals surface area contributed by atoms with Gasteiger partial charge in [0.2, 0.25) is 0 Å². The van der Waals surface area contributed by atoms with Gasteiger partial charge in [-0.15, -0.1) is 0 Å². The third-order valence-corrected chi connectivity index (χ3v) is 2.64. The summed E-state index contributed by atoms with van der Waals surface area (Å²) in [6.07, 6.45) is 6.05. The Morgan fingerprint density at radius 2 is 1.23 bits per heavy atom. The second kappa shape index (κ2) is 29.5. The number of hydrogen-bond acceptors (Lipinski definition) is 4. The van der Waals surface area contributed by atoms with Crippen LogP contribution in [0.25, 0.3) is 0 Å². The van der Waals surface area contributed by atoms with E-state index in [2.05, 4.69) is 39.4 Å². The van der Waals surface area contributed by atoms with E-state index >= 15 is 0 Å². The molecule has 0 saturated heterocycles. The quantitative estimate of drug-likeness (QED) is 0.324. The van der Waals surface area contributed by atoms with Gasteiger partial charge < -0.3 is 9.47 Å². The minimum Gasteiger partial charge on any atom is -0.353 e. The highest BCUT2D eigenvalue weighted by molar-refractivity contribution is 7.85. The van der Waals surface area contributed by atoms with Crippen LogP contribution in [0.4, 0.5) is 0 Å². The molecular formula is C17H35O8S. The highest BCUT2D eigenvalue weighted by atomic mass is 32.2. The van der Waals surface area contributed by atoms with Gasteiger partial charge in [0.1, 0.15) is 0 Å². The molecule has 0 saturated carbocycles. The first-order valence-electron chi connectivity index (χ1n) is 8.33. The van der Waals surface area contributed by atoms with Crippen LogP contribution in [-0.2, 0) is 34.9 Å². The zero-order valence-electron chi connectivity index (χ0n) is 15.9. The maximum atomic E-state index is 10.4. The number of rotatable bonds is 11. The highest BCUT2D eigenvalue weighted by Gasteiger charge is 2.09. The first-order chi connectivity index (χ1) is 12.2. The molecule has 0 heterocycles. The normalized spacial score (nSPS) is 11.1. The Balaban J connectivity index is -0.000000224. The molecule has 8 nitrogen and oxygen atoms in total. The van der Waals surface area contributed by atoms with E-state index in [0.29, 0.717) is 6.61 Å². The van der Waals surface area contributed by atoms with Crippen LogP contribution in [0.15, 0.2) is 0 Å². The van der Waals surface area contributed by atoms with Gasteiger partial charge in [0, 0.05) is 13.5 Å². The lowest BCUT2D eigenvalue weighted by molar-refractivity contribution is -0.101. The van der Waals surface area contributed by atoms with Gasteiger partial charge in [-0.3, -0.25) is 4.55 Å². The molecule has 0 aliphatic carbocycles. The molecule has 157 valence electrons. The summed E-state index contributed by atoms with van der Waals surface area (Å²) < 4.78 is 39.0. The third kappa shape index (κ3) is 56.5. The zero-order valence-corrected chi connectivity index (χ0v) is 16.7. The maximum Gasteiger partial charge on any atom is 0.289 e. The average molecular weight is 400 g/mol. The van der Waals surface area contributed by atoms with E-state index in [-0.39, 0.29) is 19.8 Å². The topological polar surface area (TPSA) is 133 Å². The largest absolute Gasteiger partial charge is 0.353 e. The molecule has 1 atom stereocenters. The third-order valence-electron chi connectivity index (χ3n) is 2.20. The molecule has 26 heavy (non-hydrogen) atoms. The number of hydrogen-bond donors (Lipinski definition) is 1. The Hall–Kier alpha value is -0.290. The van der Waals surface area contributed by atoms with E-state index < -0.39 is 22.3 Å². The van der Waals surface area contributed by atoms with Gasteiger partial charge in [-0.2, -0.15) is 8.42 Å². The smallest absolute Gasteiger partial charge is 0.289 e. The minimum absolute atomic E-state index is 0.250. The van der Waals surface area contributed by atoms with Crippen molar-refractivity contribution >= 4 is 10.1 Å². The predicted molar refractivity (Wildman–Crippen MR) is 98.7 cm³/mol. The summed E-state index contributed by atoms with van der Waals surface area (Å²) in [6, 6.07) is 0. The molecule has 9 heteroatoms. The van der Waals surface area contributed by atoms with Crippen molar-refractivity contribution in [2.75, 3.05) is 32.4 Å². The molecule has 0 aliphatic heterocycles. The van der Waals surface area contributed by atoms with E-state index in [1.54, 1.807) is 0 Å². The summed E-state index contributed by atoms with van der Waals surface area (Å²) in [7, 11) is -4.11. The fourth-order valence-electron chi connectivity index (χ4n) is 1.31. The molecule has 0 aromatic heterocycles. The van der Waals surface area contributed by atoms with Crippen molar-refractivity contribution in [2.45, 2.75) is 51.7 Å². The number of unbranched alkanes of at least 4 members (excludes halogenated alkanes) is 5. The van der Waals surface area contributed by atoms with Crippen LogP contribution >= 0.6 is 0 Å². The molecule has 0 bridgehead atoms. The molecule has 0 aliphatic rings. The first kappa shape index (κ1) is 33.3. The van der Waals surface area contributed by atoms with E-state index in [0.717, 1.165) is 12.8 Å². The lowest BCUT2D eigenvalue weighted by Crippen LogP contribution is -2.19. The van der Waals surface area contributed by atoms with Crippen molar-refractivity contribution in [2.24, 2.45) is 0 Å². The van der Waals surface area contributed by atoms with Crippen LogP contribution < -0.4 is 0 Å². The minimum atomic E-state index is -4.11. The lowest BCUT2D eigenvalue weighted by atomic mass is 10.1. The molecule has 0 aromatic rings. The van der Waals surface area contributed by atoms with Crippen LogP contribution in [0, 0.1) is 27.7 Å². The van der Waals surface area contributed by atoms with Crippen molar-refractivity contribution < 1.29 is 37.8 Å². The number of ether oxygens (including phenoxy) is 2. The van der Waals surface area contributed by atoms with Gasteiger partial charge in [-0.25, -0.2) is 15.3 Å². The fourth-order valence-corrected chi connectivity index (χ4v) is 1.63. The molecule has 0 aromatic carbocycles. The lowest BCUT2D eigenvalue weighted by Gasteiger charge is -2.12. The van der Waals surface area contributed by atoms with Crippen molar-refractivity contribution in [1.29, 1.82) is 0 Å². The Kier molecular flexibility index (Phi) is 37.8. The van der Waals surface area contributed by atoms with Gasteiger partial charge in [0.05, 0.1) is 19.8 Å². The molecule has 0 spiro atoms. The summed E-state index contributed by atoms with van der Waals surface area (Å²) in [5.74, 6) is -0.780. The molecule has 0 fully saturated rings. The first-order valence-corrected chi connectivity index (χ1v) is 9.94. The summed E-state index contributed by atoms with van der Waals surface area (Å²) in [6.45, 7) is 14.2. The van der Waals surface area contributed by atoms with E-state index in [9.17, 15) is 8.42 Å². The summed E-state index contributed by atoms with van der Waals surface area (Å²) in [5, 5.41) is 26.5. The van der Waals surface area contributed by atoms with E-state index in [1.807, 2.05) is 0 Å². The highest BCUT2D eigenvalue weighted by Crippen LogP contribution is 2.06. The summed E-state index contributed by atoms with van der Waals surface area (Å²) in [5.41, 5.74) is 0. The monoisotopic (exact) mass is 399 g/mol. The summed E-state index contributed by atoms with van der Waals surface area (Å²) >= 11 is 0. The molecule has 1 N–H and O–H groups in total. The van der Waals surface area contributed by atoms with Gasteiger partial charge in [-0.1, -0.05) is 39.0 Å². The summed E-state index contributed by atoms with van der Waals surface area (Å²) in [4.78, 5) is 0. The van der Waals surface area contributed by atoms with Gasteiger partial charge in [0.25, 0.3) is 10.1 Å². The van der Waals surface area contributed by atoms with Crippen molar-refractivity contribution in [1.82, 2.24) is 0 Å². The van der Waals surface area contributed by atoms with Gasteiger partial charge in [-0.05, 0) is 27.2 Å². The van der Waals surface area contributed by atoms with Gasteiger partial charge >= 0.3 is 0 Å². The van der Waals surface area contributed by atoms with Crippen LogP contribution in [0.1, 0.15) is 45.4 Å². The Morgan fingerprint density at radius 1 is 0.846 bits per heavy atom. The Bertz CT molecular complexity index is 305. The van der Waals surface area contributed by atoms with Crippen LogP contribution in [0.3, 0.4) is 0 Å². The second-order valence-corrected chi connectivity index (χ2v) is 5.95. The molecule has 0 amide bonds. The van der Waals surface area contributed by atoms with Crippen LogP contribution in [0.5, 0.6) is 0 Å². The Labute approximate surface area is 160 Å². The average Bonchev–Trinajstić information content (AvgIpc) is 2.54. The van der Waals surface area contributed by atoms with E-state index in [4.69, 9.17) is 24.6 Å².